The lowest BCUT2D eigenvalue weighted by Gasteiger charge is -2.34. The molecule has 0 atom stereocenters. The molecule has 1 amide bonds. The van der Waals surface area contributed by atoms with Gasteiger partial charge in [0.15, 0.2) is 20.7 Å². The van der Waals surface area contributed by atoms with E-state index in [9.17, 15) is 13.2 Å². The first-order valence-corrected chi connectivity index (χ1v) is 12.6. The van der Waals surface area contributed by atoms with Crippen molar-refractivity contribution in [2.45, 2.75) is 10.6 Å². The predicted octanol–water partition coefficient (Wildman–Crippen LogP) is 3.22. The zero-order valence-corrected chi connectivity index (χ0v) is 18.7. The zero-order valence-electron chi connectivity index (χ0n) is 17.0. The monoisotopic (exact) mass is 468 g/mol. The smallest absolute Gasteiger partial charge is 0.289 e. The second-order valence-electron chi connectivity index (χ2n) is 7.44. The Morgan fingerprint density at radius 1 is 1.00 bits per heavy atom. The first-order chi connectivity index (χ1) is 15.5. The van der Waals surface area contributed by atoms with Crippen molar-refractivity contribution >= 4 is 42.6 Å². The van der Waals surface area contributed by atoms with Crippen molar-refractivity contribution in [3.8, 4) is 0 Å². The summed E-state index contributed by atoms with van der Waals surface area (Å²) in [7, 11) is -3.54. The van der Waals surface area contributed by atoms with E-state index in [2.05, 4.69) is 14.9 Å². The molecular weight excluding hydrogens is 448 g/mol. The fraction of sp³-hybridized carbons (Fsp3) is 0.227. The van der Waals surface area contributed by atoms with Gasteiger partial charge in [0.25, 0.3) is 5.91 Å². The number of carbonyl (C=O) groups is 1. The number of furan rings is 1. The lowest BCUT2D eigenvalue weighted by atomic mass is 10.3. The molecule has 0 aliphatic carbocycles. The van der Waals surface area contributed by atoms with E-state index in [1.165, 1.54) is 0 Å². The van der Waals surface area contributed by atoms with Gasteiger partial charge >= 0.3 is 0 Å². The van der Waals surface area contributed by atoms with Gasteiger partial charge in [0.2, 0.25) is 0 Å². The summed E-state index contributed by atoms with van der Waals surface area (Å²) in [6.07, 6.45) is 1.75. The van der Waals surface area contributed by atoms with Crippen molar-refractivity contribution in [3.05, 3.63) is 72.3 Å². The maximum atomic E-state index is 12.9. The van der Waals surface area contributed by atoms with Crippen LogP contribution in [0.1, 0.15) is 16.3 Å². The van der Waals surface area contributed by atoms with Crippen LogP contribution in [-0.4, -0.2) is 55.4 Å². The van der Waals surface area contributed by atoms with Gasteiger partial charge in [0, 0.05) is 32.4 Å². The van der Waals surface area contributed by atoms with Crippen LogP contribution < -0.4 is 4.90 Å². The van der Waals surface area contributed by atoms with Crippen molar-refractivity contribution in [1.29, 1.82) is 0 Å². The number of hydrogen-bond acceptors (Lipinski definition) is 8. The molecule has 10 heteroatoms. The Bertz CT molecular complexity index is 1320. The zero-order chi connectivity index (χ0) is 22.1. The predicted molar refractivity (Wildman–Crippen MR) is 122 cm³/mol. The van der Waals surface area contributed by atoms with Gasteiger partial charge in [0.05, 0.1) is 4.90 Å². The topological polar surface area (TPSA) is 96.6 Å². The lowest BCUT2D eigenvalue weighted by Crippen LogP contribution is -2.48. The van der Waals surface area contributed by atoms with Crippen LogP contribution in [-0.2, 0) is 15.6 Å². The molecule has 1 aliphatic rings. The van der Waals surface area contributed by atoms with Crippen LogP contribution in [0.2, 0.25) is 0 Å². The molecule has 5 rings (SSSR count). The fourth-order valence-electron chi connectivity index (χ4n) is 3.62. The molecule has 1 aromatic carbocycles. The van der Waals surface area contributed by atoms with Gasteiger partial charge in [-0.3, -0.25) is 4.79 Å². The number of rotatable bonds is 5. The Hall–Kier alpha value is -3.24. The van der Waals surface area contributed by atoms with E-state index in [4.69, 9.17) is 4.42 Å². The van der Waals surface area contributed by atoms with Gasteiger partial charge < -0.3 is 14.2 Å². The molecule has 164 valence electrons. The normalized spacial score (nSPS) is 14.8. The van der Waals surface area contributed by atoms with E-state index in [0.717, 1.165) is 15.5 Å². The van der Waals surface area contributed by atoms with Crippen LogP contribution in [0.15, 0.2) is 70.1 Å². The Morgan fingerprint density at radius 2 is 1.78 bits per heavy atom. The van der Waals surface area contributed by atoms with Crippen molar-refractivity contribution in [2.24, 2.45) is 0 Å². The minimum absolute atomic E-state index is 0.154. The molecule has 32 heavy (non-hydrogen) atoms. The second-order valence-corrected chi connectivity index (χ2v) is 10.4. The Balaban J connectivity index is 1.23. The third-order valence-corrected chi connectivity index (χ3v) is 7.99. The maximum Gasteiger partial charge on any atom is 0.289 e. The van der Waals surface area contributed by atoms with Crippen LogP contribution in [0.5, 0.6) is 0 Å². The number of sulfone groups is 1. The summed E-state index contributed by atoms with van der Waals surface area (Å²) in [6.45, 7) is 2.37. The molecule has 1 fully saturated rings. The van der Waals surface area contributed by atoms with Crippen molar-refractivity contribution in [1.82, 2.24) is 14.9 Å². The number of aromatic nitrogens is 2. The van der Waals surface area contributed by atoms with Crippen LogP contribution in [0.3, 0.4) is 0 Å². The minimum atomic E-state index is -3.54. The van der Waals surface area contributed by atoms with E-state index in [1.54, 1.807) is 64.9 Å². The molecular formula is C22H20N4O4S2. The second kappa shape index (κ2) is 8.36. The Morgan fingerprint density at radius 3 is 2.53 bits per heavy atom. The number of amides is 1. The highest BCUT2D eigenvalue weighted by atomic mass is 32.2. The van der Waals surface area contributed by atoms with E-state index < -0.39 is 9.84 Å². The molecule has 3 aromatic heterocycles. The number of anilines is 1. The summed E-state index contributed by atoms with van der Waals surface area (Å²) in [5, 5.41) is 0.900. The summed E-state index contributed by atoms with van der Waals surface area (Å²) < 4.78 is 30.7. The number of fused-ring (bicyclic) bond motifs is 1. The molecule has 1 saturated heterocycles. The number of benzene rings is 1. The average Bonchev–Trinajstić information content (AvgIpc) is 3.46. The molecule has 4 heterocycles. The average molecular weight is 469 g/mol. The third kappa shape index (κ3) is 4.11. The molecule has 0 spiro atoms. The quantitative estimate of drug-likeness (QED) is 0.444. The van der Waals surface area contributed by atoms with E-state index >= 15 is 0 Å². The van der Waals surface area contributed by atoms with Gasteiger partial charge in [-0.05, 0) is 36.4 Å². The summed E-state index contributed by atoms with van der Waals surface area (Å²) in [6, 6.07) is 15.1. The number of nitrogens with zero attached hydrogens (tertiary/aromatic N) is 4. The first kappa shape index (κ1) is 20.7. The van der Waals surface area contributed by atoms with Gasteiger partial charge in [-0.1, -0.05) is 29.5 Å². The van der Waals surface area contributed by atoms with Crippen LogP contribution in [0.25, 0.3) is 10.3 Å². The highest BCUT2D eigenvalue weighted by molar-refractivity contribution is 7.90. The van der Waals surface area contributed by atoms with E-state index in [-0.39, 0.29) is 28.1 Å². The number of pyridine rings is 1. The number of piperazine rings is 1. The Kier molecular flexibility index (Phi) is 5.40. The van der Waals surface area contributed by atoms with Gasteiger partial charge in [-0.2, -0.15) is 0 Å². The number of thiazole rings is 1. The van der Waals surface area contributed by atoms with Crippen molar-refractivity contribution in [3.63, 3.8) is 0 Å². The molecule has 0 unspecified atom stereocenters. The van der Waals surface area contributed by atoms with Gasteiger partial charge in [0.1, 0.15) is 21.9 Å². The highest BCUT2D eigenvalue weighted by Crippen LogP contribution is 2.28. The van der Waals surface area contributed by atoms with Crippen molar-refractivity contribution in [2.75, 3.05) is 31.1 Å². The van der Waals surface area contributed by atoms with Gasteiger partial charge in [-0.25, -0.2) is 18.4 Å². The van der Waals surface area contributed by atoms with Crippen molar-refractivity contribution < 1.29 is 17.6 Å². The number of carbonyl (C=O) groups excluding carboxylic acids is 1. The molecule has 0 saturated carbocycles. The van der Waals surface area contributed by atoms with Crippen LogP contribution >= 0.6 is 11.3 Å². The molecule has 1 aliphatic heterocycles. The summed E-state index contributed by atoms with van der Waals surface area (Å²) in [5.74, 6) is -0.123. The summed E-state index contributed by atoms with van der Waals surface area (Å²) in [4.78, 5) is 26.8. The van der Waals surface area contributed by atoms with Gasteiger partial charge in [-0.15, -0.1) is 0 Å². The summed E-state index contributed by atoms with van der Waals surface area (Å²) >= 11 is 1.54. The first-order valence-electron chi connectivity index (χ1n) is 10.1. The van der Waals surface area contributed by atoms with Crippen LogP contribution in [0.4, 0.5) is 5.13 Å². The maximum absolute atomic E-state index is 12.9. The largest absolute Gasteiger partial charge is 0.455 e. The number of hydrogen-bond donors (Lipinski definition) is 0. The highest BCUT2D eigenvalue weighted by Gasteiger charge is 2.26. The van der Waals surface area contributed by atoms with E-state index in [1.807, 2.05) is 12.1 Å². The Labute approximate surface area is 189 Å². The standard InChI is InChI=1S/C22H20N4O4S2/c27-21(19-9-8-16(30-19)15-32(28,29)17-5-2-1-3-6-17)25-11-13-26(14-12-25)22-24-18-7-4-10-23-20(18)31-22/h1-10H,11-15H2. The minimum Gasteiger partial charge on any atom is -0.455 e. The molecule has 4 aromatic rings. The molecule has 0 N–H and O–H groups in total. The molecule has 0 radical (unpaired) electrons. The summed E-state index contributed by atoms with van der Waals surface area (Å²) in [5.41, 5.74) is 0.875. The SMILES string of the molecule is O=C(c1ccc(CS(=O)(=O)c2ccccc2)o1)N1CCN(c2nc3cccnc3s2)CC1. The lowest BCUT2D eigenvalue weighted by molar-refractivity contribution is 0.0713. The van der Waals surface area contributed by atoms with Crippen LogP contribution in [0, 0.1) is 0 Å². The third-order valence-electron chi connectivity index (χ3n) is 5.30. The molecule has 8 nitrogen and oxygen atoms in total. The van der Waals surface area contributed by atoms with E-state index in [0.29, 0.717) is 26.2 Å². The molecule has 0 bridgehead atoms. The fourth-order valence-corrected chi connectivity index (χ4v) is 5.85.